The Labute approximate surface area is 230 Å². The van der Waals surface area contributed by atoms with Gasteiger partial charge in [0.2, 0.25) is 10.9 Å². The summed E-state index contributed by atoms with van der Waals surface area (Å²) in [6.45, 7) is 12.6. The van der Waals surface area contributed by atoms with Crippen LogP contribution in [0.3, 0.4) is 0 Å². The number of aromatic hydroxyl groups is 2. The van der Waals surface area contributed by atoms with Crippen LogP contribution in [-0.4, -0.2) is 21.4 Å². The van der Waals surface area contributed by atoms with E-state index >= 15 is 0 Å². The molecule has 2 heterocycles. The fourth-order valence-corrected chi connectivity index (χ4v) is 6.91. The molecule has 1 aliphatic carbocycles. The van der Waals surface area contributed by atoms with Gasteiger partial charge < -0.3 is 19.7 Å². The minimum absolute atomic E-state index is 0.108. The first-order valence-electron chi connectivity index (χ1n) is 14.0. The standard InChI is InChI=1S/C33H40O6/c1-19-12-25(34)27(36)16-29-23(19)14-21-8-11-33(6)22(18-31(3,4)9-7-10-32(21,5)38-29)15-24-20(2)13-26(35)28(37)17-30(24)39-33/h7,9,12-13,16-17,21-22H,8,10-11,14-15,18H2,1-6H3,(H,34,36)(H,35,37)/b9-7+/t21-,22-,32+,33-/m0/s1. The summed E-state index contributed by atoms with van der Waals surface area (Å²) in [4.78, 5) is 25.0. The molecule has 0 amide bonds. The number of hydrogen-bond acceptors (Lipinski definition) is 6. The fraction of sp³-hybridized carbons (Fsp3) is 0.515. The summed E-state index contributed by atoms with van der Waals surface area (Å²) < 4.78 is 13.4. The summed E-state index contributed by atoms with van der Waals surface area (Å²) >= 11 is 0. The molecule has 4 atom stereocenters. The molecule has 0 saturated carbocycles. The molecule has 0 unspecified atom stereocenters. The van der Waals surface area contributed by atoms with Crippen LogP contribution in [-0.2, 0) is 12.8 Å². The maximum atomic E-state index is 12.5. The van der Waals surface area contributed by atoms with Crippen molar-refractivity contribution in [3.8, 4) is 23.0 Å². The van der Waals surface area contributed by atoms with Crippen LogP contribution in [0.2, 0.25) is 0 Å². The molecule has 5 rings (SSSR count). The topological polar surface area (TPSA) is 93.1 Å². The van der Waals surface area contributed by atoms with E-state index in [0.29, 0.717) is 17.9 Å². The molecule has 2 aromatic carbocycles. The van der Waals surface area contributed by atoms with Gasteiger partial charge in [0.1, 0.15) is 22.7 Å². The van der Waals surface area contributed by atoms with Crippen molar-refractivity contribution in [2.45, 2.75) is 91.3 Å². The Morgan fingerprint density at radius 3 is 1.85 bits per heavy atom. The van der Waals surface area contributed by atoms with E-state index in [1.54, 1.807) is 6.07 Å². The third-order valence-electron chi connectivity index (χ3n) is 9.45. The van der Waals surface area contributed by atoms with Crippen molar-refractivity contribution in [3.05, 3.63) is 79.1 Å². The third kappa shape index (κ3) is 5.06. The molecule has 3 aliphatic rings. The zero-order valence-electron chi connectivity index (χ0n) is 23.9. The van der Waals surface area contributed by atoms with Gasteiger partial charge in [0.05, 0.1) is 0 Å². The van der Waals surface area contributed by atoms with Crippen molar-refractivity contribution in [2.24, 2.45) is 17.3 Å². The molecule has 2 aliphatic heterocycles. The summed E-state index contributed by atoms with van der Waals surface area (Å²) in [6.07, 6.45) is 9.19. The summed E-state index contributed by atoms with van der Waals surface area (Å²) in [6, 6.07) is 5.96. The highest BCUT2D eigenvalue weighted by Crippen LogP contribution is 2.49. The van der Waals surface area contributed by atoms with E-state index in [9.17, 15) is 19.8 Å². The first-order valence-corrected chi connectivity index (χ1v) is 14.0. The zero-order valence-corrected chi connectivity index (χ0v) is 23.9. The Morgan fingerprint density at radius 2 is 1.28 bits per heavy atom. The maximum Gasteiger partial charge on any atom is 0.223 e. The van der Waals surface area contributed by atoms with Crippen LogP contribution in [0.25, 0.3) is 0 Å². The molecular formula is C33H40O6. The molecule has 0 spiro atoms. The van der Waals surface area contributed by atoms with Crippen molar-refractivity contribution in [2.75, 3.05) is 0 Å². The van der Waals surface area contributed by atoms with Gasteiger partial charge in [-0.05, 0) is 99.6 Å². The molecule has 0 radical (unpaired) electrons. The Kier molecular flexibility index (Phi) is 6.60. The van der Waals surface area contributed by atoms with Gasteiger partial charge in [-0.3, -0.25) is 9.59 Å². The Bertz CT molecular complexity index is 1470. The lowest BCUT2D eigenvalue weighted by Crippen LogP contribution is -2.49. The van der Waals surface area contributed by atoms with E-state index in [-0.39, 0.29) is 28.7 Å². The summed E-state index contributed by atoms with van der Waals surface area (Å²) in [7, 11) is 0. The third-order valence-corrected chi connectivity index (χ3v) is 9.45. The molecule has 6 nitrogen and oxygen atoms in total. The van der Waals surface area contributed by atoms with Gasteiger partial charge in [-0.15, -0.1) is 0 Å². The predicted octanol–water partition coefficient (Wildman–Crippen LogP) is 5.91. The smallest absolute Gasteiger partial charge is 0.223 e. The van der Waals surface area contributed by atoms with Crippen molar-refractivity contribution in [1.29, 1.82) is 0 Å². The van der Waals surface area contributed by atoms with Crippen LogP contribution in [0.4, 0.5) is 0 Å². The van der Waals surface area contributed by atoms with E-state index in [4.69, 9.17) is 9.47 Å². The number of aryl methyl sites for hydroxylation is 2. The largest absolute Gasteiger partial charge is 0.504 e. The van der Waals surface area contributed by atoms with Crippen molar-refractivity contribution < 1.29 is 19.7 Å². The number of fused-ring (bicyclic) bond motifs is 4. The Balaban J connectivity index is 1.59. The van der Waals surface area contributed by atoms with Crippen LogP contribution < -0.4 is 20.3 Å². The molecule has 6 heteroatoms. The lowest BCUT2D eigenvalue weighted by molar-refractivity contribution is -0.0357. The number of rotatable bonds is 0. The normalized spacial score (nSPS) is 30.1. The molecule has 0 bridgehead atoms. The summed E-state index contributed by atoms with van der Waals surface area (Å²) in [5.41, 5.74) is 1.61. The van der Waals surface area contributed by atoms with Crippen molar-refractivity contribution >= 4 is 0 Å². The second-order valence-electron chi connectivity index (χ2n) is 13.1. The van der Waals surface area contributed by atoms with E-state index < -0.39 is 22.1 Å². The van der Waals surface area contributed by atoms with E-state index in [1.807, 2.05) is 13.8 Å². The molecule has 208 valence electrons. The number of ether oxygens (including phenoxy) is 2. The quantitative estimate of drug-likeness (QED) is 0.410. The molecule has 2 N–H and O–H groups in total. The van der Waals surface area contributed by atoms with Crippen LogP contribution in [0.5, 0.6) is 23.0 Å². The Morgan fingerprint density at radius 1 is 0.769 bits per heavy atom. The van der Waals surface area contributed by atoms with Gasteiger partial charge in [-0.1, -0.05) is 26.0 Å². The molecule has 0 fully saturated rings. The van der Waals surface area contributed by atoms with Gasteiger partial charge in [0, 0.05) is 30.4 Å². The van der Waals surface area contributed by atoms with Crippen molar-refractivity contribution in [3.63, 3.8) is 0 Å². The van der Waals surface area contributed by atoms with Crippen LogP contribution in [0.1, 0.15) is 75.6 Å². The van der Waals surface area contributed by atoms with Crippen LogP contribution in [0, 0.1) is 31.1 Å². The maximum absolute atomic E-state index is 12.5. The van der Waals surface area contributed by atoms with Crippen molar-refractivity contribution in [1.82, 2.24) is 0 Å². The van der Waals surface area contributed by atoms with Gasteiger partial charge in [0.15, 0.2) is 11.5 Å². The molecule has 0 saturated heterocycles. The van der Waals surface area contributed by atoms with Crippen LogP contribution >= 0.6 is 0 Å². The molecule has 39 heavy (non-hydrogen) atoms. The van der Waals surface area contributed by atoms with Crippen LogP contribution in [0.15, 0.2) is 46.0 Å². The highest BCUT2D eigenvalue weighted by atomic mass is 16.5. The summed E-state index contributed by atoms with van der Waals surface area (Å²) in [5, 5.41) is 20.4. The highest BCUT2D eigenvalue weighted by molar-refractivity contribution is 5.46. The minimum Gasteiger partial charge on any atom is -0.504 e. The highest BCUT2D eigenvalue weighted by Gasteiger charge is 2.47. The molecule has 0 aromatic heterocycles. The Hall–Kier alpha value is -3.28. The second-order valence-corrected chi connectivity index (χ2v) is 13.1. The average Bonchev–Trinajstić information content (AvgIpc) is 3.00. The number of allylic oxidation sites excluding steroid dienone is 1. The first-order chi connectivity index (χ1) is 18.2. The fourth-order valence-electron chi connectivity index (χ4n) is 6.91. The summed E-state index contributed by atoms with van der Waals surface area (Å²) in [5.74, 6) is 0.932. The first kappa shape index (κ1) is 27.3. The monoisotopic (exact) mass is 532 g/mol. The van der Waals surface area contributed by atoms with Gasteiger partial charge in [-0.2, -0.15) is 0 Å². The van der Waals surface area contributed by atoms with E-state index in [2.05, 4.69) is 39.8 Å². The molecule has 2 aromatic rings. The zero-order chi connectivity index (χ0) is 28.3. The minimum atomic E-state index is -0.539. The van der Waals surface area contributed by atoms with Gasteiger partial charge in [-0.25, -0.2) is 0 Å². The lowest BCUT2D eigenvalue weighted by Gasteiger charge is -2.47. The average molecular weight is 533 g/mol. The number of hydrogen-bond donors (Lipinski definition) is 2. The second kappa shape index (κ2) is 9.42. The lowest BCUT2D eigenvalue weighted by atomic mass is 9.69. The van der Waals surface area contributed by atoms with E-state index in [0.717, 1.165) is 54.4 Å². The van der Waals surface area contributed by atoms with Gasteiger partial charge >= 0.3 is 0 Å². The SMILES string of the molecule is Cc1cc(O)c(=O)cc2c1C[C@@H]1CC[C@]3(C)Oc4cc(=O)c(O)cc(C)c4C[C@H]3CC(C)(C)/C=C/C[C@@]1(C)O2. The molecular weight excluding hydrogens is 492 g/mol. The van der Waals surface area contributed by atoms with E-state index in [1.165, 1.54) is 18.2 Å². The van der Waals surface area contributed by atoms with Gasteiger partial charge in [0.25, 0.3) is 0 Å². The predicted molar refractivity (Wildman–Crippen MR) is 152 cm³/mol.